The van der Waals surface area contributed by atoms with E-state index in [4.69, 9.17) is 9.47 Å². The first kappa shape index (κ1) is 16.7. The number of amides is 1. The number of carbonyl (C=O) groups is 1. The topological polar surface area (TPSA) is 64.9 Å². The SMILES string of the molecule is COc1ccc(OC)c(-c2csc(NC(=O)C[NH+]3CCCC3)n2)c1. The Bertz CT molecular complexity index is 711. The van der Waals surface area contributed by atoms with Crippen molar-refractivity contribution in [3.8, 4) is 22.8 Å². The summed E-state index contributed by atoms with van der Waals surface area (Å²) in [6.45, 7) is 2.67. The molecule has 24 heavy (non-hydrogen) atoms. The molecule has 1 fully saturated rings. The summed E-state index contributed by atoms with van der Waals surface area (Å²) < 4.78 is 10.7. The number of nitrogens with one attached hydrogen (secondary N) is 2. The molecule has 2 N–H and O–H groups in total. The minimum absolute atomic E-state index is 0.0189. The van der Waals surface area contributed by atoms with Crippen LogP contribution in [0, 0.1) is 0 Å². The van der Waals surface area contributed by atoms with Gasteiger partial charge in [0, 0.05) is 23.8 Å². The van der Waals surface area contributed by atoms with Crippen LogP contribution in [0.25, 0.3) is 11.3 Å². The number of thiazole rings is 1. The third-order valence-electron chi connectivity index (χ3n) is 4.15. The van der Waals surface area contributed by atoms with E-state index in [1.54, 1.807) is 14.2 Å². The second-order valence-electron chi connectivity index (χ2n) is 5.79. The van der Waals surface area contributed by atoms with Crippen LogP contribution in [-0.4, -0.2) is 44.7 Å². The van der Waals surface area contributed by atoms with E-state index in [-0.39, 0.29) is 5.91 Å². The lowest BCUT2D eigenvalue weighted by Crippen LogP contribution is -3.11. The molecule has 0 saturated carbocycles. The van der Waals surface area contributed by atoms with Gasteiger partial charge in [0.1, 0.15) is 11.5 Å². The third kappa shape index (κ3) is 3.85. The van der Waals surface area contributed by atoms with Gasteiger partial charge in [-0.05, 0) is 18.2 Å². The Morgan fingerprint density at radius 1 is 1.29 bits per heavy atom. The van der Waals surface area contributed by atoms with Gasteiger partial charge < -0.3 is 14.4 Å². The number of methoxy groups -OCH3 is 2. The highest BCUT2D eigenvalue weighted by Gasteiger charge is 2.20. The molecule has 0 bridgehead atoms. The van der Waals surface area contributed by atoms with Gasteiger partial charge in [-0.15, -0.1) is 11.3 Å². The molecule has 1 aromatic carbocycles. The normalized spacial score (nSPS) is 14.6. The lowest BCUT2D eigenvalue weighted by Gasteiger charge is -2.10. The Kier molecular flexibility index (Phi) is 5.32. The van der Waals surface area contributed by atoms with Crippen LogP contribution in [0.2, 0.25) is 0 Å². The molecule has 2 heterocycles. The average molecular weight is 348 g/mol. The van der Waals surface area contributed by atoms with Crippen molar-refractivity contribution in [3.63, 3.8) is 0 Å². The lowest BCUT2D eigenvalue weighted by molar-refractivity contribution is -0.878. The number of likely N-dealkylation sites (tertiary alicyclic amines) is 1. The lowest BCUT2D eigenvalue weighted by atomic mass is 10.1. The van der Waals surface area contributed by atoms with Crippen LogP contribution in [0.4, 0.5) is 5.13 Å². The van der Waals surface area contributed by atoms with Crippen LogP contribution in [0.5, 0.6) is 11.5 Å². The van der Waals surface area contributed by atoms with Crippen LogP contribution in [-0.2, 0) is 4.79 Å². The zero-order chi connectivity index (χ0) is 16.9. The number of anilines is 1. The Labute approximate surface area is 145 Å². The summed E-state index contributed by atoms with van der Waals surface area (Å²) in [5.74, 6) is 1.48. The maximum Gasteiger partial charge on any atom is 0.281 e. The first-order valence-corrected chi connectivity index (χ1v) is 8.89. The summed E-state index contributed by atoms with van der Waals surface area (Å²) in [4.78, 5) is 18.0. The van der Waals surface area contributed by atoms with Crippen LogP contribution >= 0.6 is 11.3 Å². The summed E-state index contributed by atoms with van der Waals surface area (Å²) in [5.41, 5.74) is 1.61. The van der Waals surface area contributed by atoms with Gasteiger partial charge >= 0.3 is 0 Å². The van der Waals surface area contributed by atoms with Gasteiger partial charge in [-0.25, -0.2) is 4.98 Å². The summed E-state index contributed by atoms with van der Waals surface area (Å²) in [7, 11) is 3.25. The molecular formula is C17H22N3O3S+. The molecule has 0 radical (unpaired) electrons. The molecule has 1 amide bonds. The third-order valence-corrected chi connectivity index (χ3v) is 4.91. The summed E-state index contributed by atoms with van der Waals surface area (Å²) in [6, 6.07) is 5.58. The fourth-order valence-corrected chi connectivity index (χ4v) is 3.64. The fraction of sp³-hybridized carbons (Fsp3) is 0.412. The second-order valence-corrected chi connectivity index (χ2v) is 6.64. The molecule has 7 heteroatoms. The smallest absolute Gasteiger partial charge is 0.281 e. The largest absolute Gasteiger partial charge is 0.497 e. The minimum Gasteiger partial charge on any atom is -0.497 e. The highest BCUT2D eigenvalue weighted by atomic mass is 32.1. The number of carbonyl (C=O) groups excluding carboxylic acids is 1. The molecule has 1 aromatic heterocycles. The van der Waals surface area contributed by atoms with Gasteiger partial charge in [-0.1, -0.05) is 0 Å². The van der Waals surface area contributed by atoms with Crippen molar-refractivity contribution < 1.29 is 19.2 Å². The summed E-state index contributed by atoms with van der Waals surface area (Å²) >= 11 is 1.41. The number of hydrogen-bond donors (Lipinski definition) is 2. The van der Waals surface area contributed by atoms with Gasteiger partial charge in [0.25, 0.3) is 5.91 Å². The molecule has 0 aliphatic carbocycles. The van der Waals surface area contributed by atoms with E-state index in [2.05, 4.69) is 10.3 Å². The number of nitrogens with zero attached hydrogens (tertiary/aromatic N) is 1. The van der Waals surface area contributed by atoms with Crippen molar-refractivity contribution in [3.05, 3.63) is 23.6 Å². The van der Waals surface area contributed by atoms with Crippen LogP contribution in [0.1, 0.15) is 12.8 Å². The number of hydrogen-bond acceptors (Lipinski definition) is 5. The van der Waals surface area contributed by atoms with Gasteiger partial charge in [0.2, 0.25) is 0 Å². The zero-order valence-electron chi connectivity index (χ0n) is 13.9. The summed E-state index contributed by atoms with van der Waals surface area (Å²) in [5, 5.41) is 5.42. The van der Waals surface area contributed by atoms with Crippen molar-refractivity contribution in [2.45, 2.75) is 12.8 Å². The highest BCUT2D eigenvalue weighted by molar-refractivity contribution is 7.14. The van der Waals surface area contributed by atoms with Crippen LogP contribution in [0.3, 0.4) is 0 Å². The Hall–Kier alpha value is -2.12. The maximum absolute atomic E-state index is 12.1. The van der Waals surface area contributed by atoms with Gasteiger partial charge in [-0.3, -0.25) is 10.1 Å². The number of rotatable bonds is 6. The van der Waals surface area contributed by atoms with Gasteiger partial charge in [0.05, 0.1) is 33.0 Å². The number of aromatic nitrogens is 1. The molecule has 0 unspecified atom stereocenters. The number of benzene rings is 1. The van der Waals surface area contributed by atoms with Crippen molar-refractivity contribution in [1.29, 1.82) is 0 Å². The fourth-order valence-electron chi connectivity index (χ4n) is 2.91. The van der Waals surface area contributed by atoms with Crippen molar-refractivity contribution in [1.82, 2.24) is 4.98 Å². The molecule has 3 rings (SSSR count). The highest BCUT2D eigenvalue weighted by Crippen LogP contribution is 2.34. The maximum atomic E-state index is 12.1. The van der Waals surface area contributed by atoms with E-state index in [1.807, 2.05) is 23.6 Å². The molecule has 1 saturated heterocycles. The van der Waals surface area contributed by atoms with Crippen molar-refractivity contribution in [2.24, 2.45) is 0 Å². The quantitative estimate of drug-likeness (QED) is 0.829. The van der Waals surface area contributed by atoms with E-state index in [9.17, 15) is 4.79 Å². The number of ether oxygens (including phenoxy) is 2. The van der Waals surface area contributed by atoms with Crippen LogP contribution in [0.15, 0.2) is 23.6 Å². The molecule has 0 spiro atoms. The van der Waals surface area contributed by atoms with Crippen molar-refractivity contribution in [2.75, 3.05) is 39.2 Å². The average Bonchev–Trinajstić information content (AvgIpc) is 3.26. The molecule has 6 nitrogen and oxygen atoms in total. The van der Waals surface area contributed by atoms with Crippen LogP contribution < -0.4 is 19.7 Å². The van der Waals surface area contributed by atoms with E-state index in [1.165, 1.54) is 29.1 Å². The predicted molar refractivity (Wildman–Crippen MR) is 94.1 cm³/mol. The van der Waals surface area contributed by atoms with Gasteiger partial charge in [0.15, 0.2) is 11.7 Å². The van der Waals surface area contributed by atoms with Gasteiger partial charge in [-0.2, -0.15) is 0 Å². The first-order chi connectivity index (χ1) is 11.7. The molecule has 128 valence electrons. The molecular weight excluding hydrogens is 326 g/mol. The summed E-state index contributed by atoms with van der Waals surface area (Å²) in [6.07, 6.45) is 2.42. The predicted octanol–water partition coefficient (Wildman–Crippen LogP) is 1.44. The molecule has 1 aliphatic heterocycles. The van der Waals surface area contributed by atoms with E-state index < -0.39 is 0 Å². The first-order valence-electron chi connectivity index (χ1n) is 8.01. The number of quaternary nitrogens is 1. The standard InChI is InChI=1S/C17H21N3O3S/c1-22-12-5-6-15(23-2)13(9-12)14-11-24-17(18-14)19-16(21)10-20-7-3-4-8-20/h5-6,9,11H,3-4,7-8,10H2,1-2H3,(H,18,19,21)/p+1. The zero-order valence-corrected chi connectivity index (χ0v) is 14.7. The second kappa shape index (κ2) is 7.63. The Balaban J connectivity index is 1.72. The Morgan fingerprint density at radius 3 is 2.79 bits per heavy atom. The molecule has 1 aliphatic rings. The molecule has 2 aromatic rings. The van der Waals surface area contributed by atoms with E-state index in [0.29, 0.717) is 11.7 Å². The van der Waals surface area contributed by atoms with E-state index in [0.717, 1.165) is 35.8 Å². The molecule has 0 atom stereocenters. The monoisotopic (exact) mass is 348 g/mol. The van der Waals surface area contributed by atoms with E-state index >= 15 is 0 Å². The Morgan fingerprint density at radius 2 is 2.08 bits per heavy atom. The minimum atomic E-state index is 0.0189. The van der Waals surface area contributed by atoms with Crippen molar-refractivity contribution >= 4 is 22.4 Å².